The quantitative estimate of drug-likeness (QED) is 0.881. The van der Waals surface area contributed by atoms with Gasteiger partial charge >= 0.3 is 0 Å². The standard InChI is InChI=1S/C16H17NO3S/c1-11-5-4-6-16(12(11)2)17-21(19,20)15-9-7-14(8-10-15)13(3)18/h4-10,17H,1-3H3. The summed E-state index contributed by atoms with van der Waals surface area (Å²) in [4.78, 5) is 11.3. The predicted octanol–water partition coefficient (Wildman–Crippen LogP) is 3.31. The second kappa shape index (κ2) is 5.69. The molecule has 0 aliphatic heterocycles. The molecular formula is C16H17NO3S. The summed E-state index contributed by atoms with van der Waals surface area (Å²) in [5.41, 5.74) is 2.95. The van der Waals surface area contributed by atoms with E-state index in [9.17, 15) is 13.2 Å². The fourth-order valence-electron chi connectivity index (χ4n) is 1.93. The first-order valence-electron chi connectivity index (χ1n) is 6.51. The van der Waals surface area contributed by atoms with E-state index in [0.717, 1.165) is 11.1 Å². The molecule has 0 aromatic heterocycles. The maximum absolute atomic E-state index is 12.4. The molecular weight excluding hydrogens is 286 g/mol. The largest absolute Gasteiger partial charge is 0.295 e. The number of aryl methyl sites for hydroxylation is 1. The monoisotopic (exact) mass is 303 g/mol. The number of rotatable bonds is 4. The Morgan fingerprint density at radius 2 is 1.62 bits per heavy atom. The third-order valence-electron chi connectivity index (χ3n) is 3.42. The number of nitrogens with one attached hydrogen (secondary N) is 1. The summed E-state index contributed by atoms with van der Waals surface area (Å²) < 4.78 is 27.3. The first-order chi connectivity index (χ1) is 9.81. The molecule has 0 bridgehead atoms. The normalized spacial score (nSPS) is 11.2. The summed E-state index contributed by atoms with van der Waals surface area (Å²) in [7, 11) is -3.66. The molecule has 4 nitrogen and oxygen atoms in total. The Balaban J connectivity index is 2.34. The smallest absolute Gasteiger partial charge is 0.261 e. The Kier molecular flexibility index (Phi) is 4.14. The van der Waals surface area contributed by atoms with E-state index in [2.05, 4.69) is 4.72 Å². The van der Waals surface area contributed by atoms with Gasteiger partial charge in [0.2, 0.25) is 0 Å². The topological polar surface area (TPSA) is 63.2 Å². The maximum Gasteiger partial charge on any atom is 0.261 e. The Morgan fingerprint density at radius 1 is 1.00 bits per heavy atom. The molecule has 0 saturated carbocycles. The van der Waals surface area contributed by atoms with E-state index < -0.39 is 10.0 Å². The lowest BCUT2D eigenvalue weighted by atomic mass is 10.1. The minimum atomic E-state index is -3.66. The molecule has 0 fully saturated rings. The van der Waals surface area contributed by atoms with Gasteiger partial charge in [0.25, 0.3) is 10.0 Å². The van der Waals surface area contributed by atoms with Gasteiger partial charge in [-0.15, -0.1) is 0 Å². The van der Waals surface area contributed by atoms with Crippen molar-refractivity contribution in [3.05, 3.63) is 59.2 Å². The molecule has 21 heavy (non-hydrogen) atoms. The average molecular weight is 303 g/mol. The van der Waals surface area contributed by atoms with Crippen LogP contribution >= 0.6 is 0 Å². The van der Waals surface area contributed by atoms with Crippen molar-refractivity contribution in [2.75, 3.05) is 4.72 Å². The van der Waals surface area contributed by atoms with Crippen molar-refractivity contribution in [3.8, 4) is 0 Å². The van der Waals surface area contributed by atoms with Crippen molar-refractivity contribution in [1.82, 2.24) is 0 Å². The number of carbonyl (C=O) groups excluding carboxylic acids is 1. The Hall–Kier alpha value is -2.14. The van der Waals surface area contributed by atoms with Crippen molar-refractivity contribution in [2.45, 2.75) is 25.7 Å². The molecule has 0 aliphatic carbocycles. The molecule has 2 aromatic carbocycles. The van der Waals surface area contributed by atoms with Crippen molar-refractivity contribution >= 4 is 21.5 Å². The van der Waals surface area contributed by atoms with E-state index in [0.29, 0.717) is 11.3 Å². The minimum Gasteiger partial charge on any atom is -0.295 e. The highest BCUT2D eigenvalue weighted by molar-refractivity contribution is 7.92. The van der Waals surface area contributed by atoms with Gasteiger partial charge in [-0.3, -0.25) is 9.52 Å². The minimum absolute atomic E-state index is 0.0959. The van der Waals surface area contributed by atoms with Gasteiger partial charge in [-0.1, -0.05) is 24.3 Å². The third kappa shape index (κ3) is 3.31. The van der Waals surface area contributed by atoms with Gasteiger partial charge in [0.1, 0.15) is 0 Å². The summed E-state index contributed by atoms with van der Waals surface area (Å²) >= 11 is 0. The number of benzene rings is 2. The maximum atomic E-state index is 12.4. The van der Waals surface area contributed by atoms with Gasteiger partial charge in [0.05, 0.1) is 10.6 Å². The van der Waals surface area contributed by atoms with Gasteiger partial charge < -0.3 is 0 Å². The van der Waals surface area contributed by atoms with E-state index in [1.807, 2.05) is 19.9 Å². The molecule has 2 aromatic rings. The van der Waals surface area contributed by atoms with Crippen LogP contribution in [0.5, 0.6) is 0 Å². The first-order valence-corrected chi connectivity index (χ1v) is 7.99. The molecule has 0 heterocycles. The summed E-state index contributed by atoms with van der Waals surface area (Å²) in [6, 6.07) is 11.4. The van der Waals surface area contributed by atoms with E-state index in [1.54, 1.807) is 12.1 Å². The fraction of sp³-hybridized carbons (Fsp3) is 0.188. The van der Waals surface area contributed by atoms with Gasteiger partial charge in [-0.2, -0.15) is 0 Å². The Labute approximate surface area is 124 Å². The highest BCUT2D eigenvalue weighted by atomic mass is 32.2. The molecule has 1 N–H and O–H groups in total. The molecule has 5 heteroatoms. The van der Waals surface area contributed by atoms with E-state index in [1.165, 1.54) is 31.2 Å². The number of hydrogen-bond acceptors (Lipinski definition) is 3. The summed E-state index contributed by atoms with van der Waals surface area (Å²) in [5.74, 6) is -0.0959. The second-order valence-corrected chi connectivity index (χ2v) is 6.62. The zero-order valence-electron chi connectivity index (χ0n) is 12.2. The summed E-state index contributed by atoms with van der Waals surface area (Å²) in [5, 5.41) is 0. The van der Waals surface area contributed by atoms with Crippen molar-refractivity contribution in [1.29, 1.82) is 0 Å². The van der Waals surface area contributed by atoms with Crippen molar-refractivity contribution in [2.24, 2.45) is 0 Å². The molecule has 0 aliphatic rings. The fourth-order valence-corrected chi connectivity index (χ4v) is 3.06. The number of anilines is 1. The number of sulfonamides is 1. The molecule has 0 atom stereocenters. The first kappa shape index (κ1) is 15.3. The molecule has 0 unspecified atom stereocenters. The van der Waals surface area contributed by atoms with Crippen molar-refractivity contribution in [3.63, 3.8) is 0 Å². The van der Waals surface area contributed by atoms with Crippen LogP contribution in [0.2, 0.25) is 0 Å². The molecule has 110 valence electrons. The summed E-state index contributed by atoms with van der Waals surface area (Å²) in [6.07, 6.45) is 0. The summed E-state index contributed by atoms with van der Waals surface area (Å²) in [6.45, 7) is 5.23. The average Bonchev–Trinajstić information content (AvgIpc) is 2.44. The van der Waals surface area contributed by atoms with Crippen molar-refractivity contribution < 1.29 is 13.2 Å². The highest BCUT2D eigenvalue weighted by Gasteiger charge is 2.15. The second-order valence-electron chi connectivity index (χ2n) is 4.93. The molecule has 0 saturated heterocycles. The third-order valence-corrected chi connectivity index (χ3v) is 4.80. The molecule has 2 rings (SSSR count). The van der Waals surface area contributed by atoms with Gasteiger partial charge in [0.15, 0.2) is 5.78 Å². The Bertz CT molecular complexity index is 778. The SMILES string of the molecule is CC(=O)c1ccc(S(=O)(=O)Nc2cccc(C)c2C)cc1. The van der Waals surface area contributed by atoms with Gasteiger partial charge in [0, 0.05) is 5.56 Å². The lowest BCUT2D eigenvalue weighted by Gasteiger charge is -2.12. The van der Waals surface area contributed by atoms with Crippen LogP contribution in [0.25, 0.3) is 0 Å². The predicted molar refractivity (Wildman–Crippen MR) is 83.2 cm³/mol. The molecule has 0 amide bonds. The Morgan fingerprint density at radius 3 is 2.19 bits per heavy atom. The molecule has 0 spiro atoms. The number of carbonyl (C=O) groups is 1. The van der Waals surface area contributed by atoms with Crippen LogP contribution in [0.1, 0.15) is 28.4 Å². The van der Waals surface area contributed by atoms with Crippen LogP contribution in [0.4, 0.5) is 5.69 Å². The van der Waals surface area contributed by atoms with E-state index in [4.69, 9.17) is 0 Å². The van der Waals surface area contributed by atoms with Crippen LogP contribution < -0.4 is 4.72 Å². The van der Waals surface area contributed by atoms with E-state index in [-0.39, 0.29) is 10.7 Å². The van der Waals surface area contributed by atoms with Crippen LogP contribution in [0.3, 0.4) is 0 Å². The van der Waals surface area contributed by atoms with Gasteiger partial charge in [-0.05, 0) is 50.1 Å². The zero-order chi connectivity index (χ0) is 15.6. The van der Waals surface area contributed by atoms with Gasteiger partial charge in [-0.25, -0.2) is 8.42 Å². The lowest BCUT2D eigenvalue weighted by molar-refractivity contribution is 0.101. The molecule has 0 radical (unpaired) electrons. The van der Waals surface area contributed by atoms with E-state index >= 15 is 0 Å². The van der Waals surface area contributed by atoms with Crippen LogP contribution in [-0.4, -0.2) is 14.2 Å². The lowest BCUT2D eigenvalue weighted by Crippen LogP contribution is -2.14. The van der Waals surface area contributed by atoms with Crippen LogP contribution in [0.15, 0.2) is 47.4 Å². The number of Topliss-reactive ketones (excluding diaryl/α,β-unsaturated/α-hetero) is 1. The highest BCUT2D eigenvalue weighted by Crippen LogP contribution is 2.22. The number of hydrogen-bond donors (Lipinski definition) is 1. The van der Waals surface area contributed by atoms with Crippen LogP contribution in [-0.2, 0) is 10.0 Å². The van der Waals surface area contributed by atoms with Crippen LogP contribution in [0, 0.1) is 13.8 Å². The zero-order valence-corrected chi connectivity index (χ0v) is 13.0. The number of ketones is 1.